The lowest BCUT2D eigenvalue weighted by atomic mass is 9.90. The van der Waals surface area contributed by atoms with E-state index in [1.165, 1.54) is 6.42 Å². The molecule has 0 radical (unpaired) electrons. The number of halogens is 1. The molecule has 1 aromatic rings. The van der Waals surface area contributed by atoms with Crippen LogP contribution in [-0.2, 0) is 13.6 Å². The fourth-order valence-electron chi connectivity index (χ4n) is 1.23. The van der Waals surface area contributed by atoms with Crippen LogP contribution in [0.1, 0.15) is 33.0 Å². The van der Waals surface area contributed by atoms with Crippen LogP contribution in [0.3, 0.4) is 0 Å². The highest BCUT2D eigenvalue weighted by Gasteiger charge is 2.14. The Balaban J connectivity index is 2.42. The SMILES string of the molecule is CCC(C)(C)CNCc1ncc(Cl)n1C. The lowest BCUT2D eigenvalue weighted by Gasteiger charge is -2.22. The minimum atomic E-state index is 0.342. The van der Waals surface area contributed by atoms with E-state index in [-0.39, 0.29) is 0 Å². The van der Waals surface area contributed by atoms with Crippen molar-refractivity contribution in [3.05, 3.63) is 17.2 Å². The molecule has 0 aliphatic carbocycles. The molecule has 15 heavy (non-hydrogen) atoms. The van der Waals surface area contributed by atoms with Crippen molar-refractivity contribution in [2.75, 3.05) is 6.54 Å². The standard InChI is InChI=1S/C11H20ClN3/c1-5-11(2,3)8-13-7-10-14-6-9(12)15(10)4/h6,13H,5,7-8H2,1-4H3. The van der Waals surface area contributed by atoms with Gasteiger partial charge in [0.1, 0.15) is 11.0 Å². The number of rotatable bonds is 5. The molecule has 3 nitrogen and oxygen atoms in total. The zero-order valence-corrected chi connectivity index (χ0v) is 10.7. The molecule has 0 aliphatic rings. The minimum Gasteiger partial charge on any atom is -0.321 e. The number of aromatic nitrogens is 2. The molecule has 1 aromatic heterocycles. The van der Waals surface area contributed by atoms with Crippen molar-refractivity contribution in [2.24, 2.45) is 12.5 Å². The van der Waals surface area contributed by atoms with Crippen molar-refractivity contribution in [3.8, 4) is 0 Å². The summed E-state index contributed by atoms with van der Waals surface area (Å²) < 4.78 is 1.90. The minimum absolute atomic E-state index is 0.342. The third-order valence-electron chi connectivity index (χ3n) is 2.87. The summed E-state index contributed by atoms with van der Waals surface area (Å²) >= 11 is 5.90. The molecule has 0 saturated carbocycles. The predicted molar refractivity (Wildman–Crippen MR) is 64.0 cm³/mol. The molecule has 0 aromatic carbocycles. The molecular formula is C11H20ClN3. The maximum atomic E-state index is 5.90. The van der Waals surface area contributed by atoms with E-state index in [0.717, 1.165) is 18.9 Å². The second kappa shape index (κ2) is 4.99. The quantitative estimate of drug-likeness (QED) is 0.841. The zero-order valence-electron chi connectivity index (χ0n) is 9.97. The van der Waals surface area contributed by atoms with Gasteiger partial charge in [0.25, 0.3) is 0 Å². The average Bonchev–Trinajstić information content (AvgIpc) is 2.49. The van der Waals surface area contributed by atoms with Crippen molar-refractivity contribution in [1.82, 2.24) is 14.9 Å². The monoisotopic (exact) mass is 229 g/mol. The molecule has 4 heteroatoms. The van der Waals surface area contributed by atoms with Crippen LogP contribution in [0.4, 0.5) is 0 Å². The molecule has 0 aliphatic heterocycles. The Morgan fingerprint density at radius 2 is 2.20 bits per heavy atom. The summed E-state index contributed by atoms with van der Waals surface area (Å²) in [5.41, 5.74) is 0.342. The van der Waals surface area contributed by atoms with E-state index >= 15 is 0 Å². The van der Waals surface area contributed by atoms with Gasteiger partial charge in [-0.15, -0.1) is 0 Å². The Labute approximate surface area is 96.8 Å². The van der Waals surface area contributed by atoms with E-state index < -0.39 is 0 Å². The Morgan fingerprint density at radius 1 is 1.53 bits per heavy atom. The normalized spacial score (nSPS) is 12.1. The van der Waals surface area contributed by atoms with Gasteiger partial charge in [-0.2, -0.15) is 0 Å². The van der Waals surface area contributed by atoms with E-state index in [9.17, 15) is 0 Å². The first-order valence-corrected chi connectivity index (χ1v) is 5.71. The summed E-state index contributed by atoms with van der Waals surface area (Å²) in [4.78, 5) is 4.23. The van der Waals surface area contributed by atoms with E-state index in [4.69, 9.17) is 11.6 Å². The van der Waals surface area contributed by atoms with Crippen LogP contribution in [0.5, 0.6) is 0 Å². The molecule has 0 spiro atoms. The summed E-state index contributed by atoms with van der Waals surface area (Å²) in [6.07, 6.45) is 2.85. The number of nitrogens with zero attached hydrogens (tertiary/aromatic N) is 2. The van der Waals surface area contributed by atoms with Gasteiger partial charge in [0.05, 0.1) is 12.7 Å². The van der Waals surface area contributed by atoms with Crippen molar-refractivity contribution >= 4 is 11.6 Å². The topological polar surface area (TPSA) is 29.9 Å². The second-order valence-electron chi connectivity index (χ2n) is 4.68. The van der Waals surface area contributed by atoms with Gasteiger partial charge in [0.15, 0.2) is 0 Å². The maximum Gasteiger partial charge on any atom is 0.128 e. The maximum absolute atomic E-state index is 5.90. The molecule has 0 saturated heterocycles. The number of nitrogens with one attached hydrogen (secondary N) is 1. The Bertz CT molecular complexity index is 318. The van der Waals surface area contributed by atoms with Crippen molar-refractivity contribution in [3.63, 3.8) is 0 Å². The van der Waals surface area contributed by atoms with E-state index in [1.807, 2.05) is 11.6 Å². The van der Waals surface area contributed by atoms with Gasteiger partial charge in [0, 0.05) is 13.6 Å². The fraction of sp³-hybridized carbons (Fsp3) is 0.727. The molecule has 0 unspecified atom stereocenters. The summed E-state index contributed by atoms with van der Waals surface area (Å²) in [7, 11) is 1.93. The van der Waals surface area contributed by atoms with Gasteiger partial charge in [-0.1, -0.05) is 32.4 Å². The first-order chi connectivity index (χ1) is 6.96. The van der Waals surface area contributed by atoms with Crippen LogP contribution in [0.2, 0.25) is 5.15 Å². The Hall–Kier alpha value is -0.540. The summed E-state index contributed by atoms with van der Waals surface area (Å²) in [5.74, 6) is 0.979. The molecule has 0 atom stereocenters. The molecule has 1 N–H and O–H groups in total. The Kier molecular flexibility index (Phi) is 4.17. The summed E-state index contributed by atoms with van der Waals surface area (Å²) in [5, 5.41) is 4.09. The second-order valence-corrected chi connectivity index (χ2v) is 5.06. The summed E-state index contributed by atoms with van der Waals surface area (Å²) in [6, 6.07) is 0. The first-order valence-electron chi connectivity index (χ1n) is 5.33. The fourth-order valence-corrected chi connectivity index (χ4v) is 1.37. The van der Waals surface area contributed by atoms with Crippen LogP contribution in [-0.4, -0.2) is 16.1 Å². The largest absolute Gasteiger partial charge is 0.321 e. The molecule has 0 bridgehead atoms. The highest BCUT2D eigenvalue weighted by Crippen LogP contribution is 2.18. The van der Waals surface area contributed by atoms with Crippen molar-refractivity contribution < 1.29 is 0 Å². The smallest absolute Gasteiger partial charge is 0.128 e. The van der Waals surface area contributed by atoms with Gasteiger partial charge >= 0.3 is 0 Å². The van der Waals surface area contributed by atoms with E-state index in [1.54, 1.807) is 6.20 Å². The molecule has 0 amide bonds. The number of hydrogen-bond acceptors (Lipinski definition) is 2. The average molecular weight is 230 g/mol. The van der Waals surface area contributed by atoms with Crippen molar-refractivity contribution in [2.45, 2.75) is 33.7 Å². The van der Waals surface area contributed by atoms with Gasteiger partial charge < -0.3 is 9.88 Å². The lowest BCUT2D eigenvalue weighted by molar-refractivity contribution is 0.325. The van der Waals surface area contributed by atoms with Gasteiger partial charge in [0.2, 0.25) is 0 Å². The molecule has 1 heterocycles. The number of imidazole rings is 1. The third kappa shape index (κ3) is 3.50. The Morgan fingerprint density at radius 3 is 2.67 bits per heavy atom. The highest BCUT2D eigenvalue weighted by atomic mass is 35.5. The molecule has 0 fully saturated rings. The first kappa shape index (κ1) is 12.5. The molecule has 86 valence electrons. The van der Waals surface area contributed by atoms with Crippen LogP contribution in [0.15, 0.2) is 6.20 Å². The highest BCUT2D eigenvalue weighted by molar-refractivity contribution is 6.29. The van der Waals surface area contributed by atoms with Crippen LogP contribution in [0, 0.1) is 5.41 Å². The third-order valence-corrected chi connectivity index (χ3v) is 3.22. The van der Waals surface area contributed by atoms with Crippen LogP contribution < -0.4 is 5.32 Å². The van der Waals surface area contributed by atoms with Crippen molar-refractivity contribution in [1.29, 1.82) is 0 Å². The van der Waals surface area contributed by atoms with E-state index in [0.29, 0.717) is 10.6 Å². The molecular weight excluding hydrogens is 210 g/mol. The predicted octanol–water partition coefficient (Wildman–Crippen LogP) is 2.60. The van der Waals surface area contributed by atoms with Crippen LogP contribution >= 0.6 is 11.6 Å². The lowest BCUT2D eigenvalue weighted by Crippen LogP contribution is -2.29. The molecule has 1 rings (SSSR count). The number of hydrogen-bond donors (Lipinski definition) is 1. The zero-order chi connectivity index (χ0) is 11.5. The van der Waals surface area contributed by atoms with Gasteiger partial charge in [-0.25, -0.2) is 4.98 Å². The van der Waals surface area contributed by atoms with Gasteiger partial charge in [-0.3, -0.25) is 0 Å². The van der Waals surface area contributed by atoms with E-state index in [2.05, 4.69) is 31.1 Å². The van der Waals surface area contributed by atoms with Gasteiger partial charge in [-0.05, 0) is 11.8 Å². The summed E-state index contributed by atoms with van der Waals surface area (Å²) in [6.45, 7) is 8.48. The van der Waals surface area contributed by atoms with Crippen LogP contribution in [0.25, 0.3) is 0 Å².